The van der Waals surface area contributed by atoms with Gasteiger partial charge in [-0.05, 0) is 37.6 Å². The molecule has 0 saturated carbocycles. The zero-order valence-electron chi connectivity index (χ0n) is 8.86. The lowest BCUT2D eigenvalue weighted by atomic mass is 10.1. The molecular formula is C11H18N2O. The lowest BCUT2D eigenvalue weighted by Gasteiger charge is -2.13. The van der Waals surface area contributed by atoms with Crippen molar-refractivity contribution in [1.82, 2.24) is 10.3 Å². The van der Waals surface area contributed by atoms with Crippen molar-refractivity contribution in [1.29, 1.82) is 0 Å². The fourth-order valence-electron chi connectivity index (χ4n) is 1.31. The second-order valence-electron chi connectivity index (χ2n) is 3.30. The van der Waals surface area contributed by atoms with Gasteiger partial charge in [-0.1, -0.05) is 0 Å². The first-order chi connectivity index (χ1) is 6.84. The summed E-state index contributed by atoms with van der Waals surface area (Å²) in [4.78, 5) is 3.99. The molecule has 1 aromatic heterocycles. The molecule has 0 unspecified atom stereocenters. The highest BCUT2D eigenvalue weighted by molar-refractivity contribution is 5.13. The van der Waals surface area contributed by atoms with E-state index in [0.717, 1.165) is 19.6 Å². The van der Waals surface area contributed by atoms with E-state index in [2.05, 4.69) is 17.2 Å². The Morgan fingerprint density at radius 1 is 1.43 bits per heavy atom. The fraction of sp³-hybridized carbons (Fsp3) is 0.545. The maximum Gasteiger partial charge on any atom is 0.0474 e. The number of rotatable bonds is 6. The van der Waals surface area contributed by atoms with Crippen LogP contribution in [-0.4, -0.2) is 25.2 Å². The summed E-state index contributed by atoms with van der Waals surface area (Å²) in [6, 6.07) is 4.46. The second-order valence-corrected chi connectivity index (χ2v) is 3.30. The Kier molecular flexibility index (Phi) is 5.19. The molecule has 0 aliphatic heterocycles. The SMILES string of the molecule is COCCCN[C@H](C)c1ccncc1. The van der Waals surface area contributed by atoms with E-state index in [9.17, 15) is 0 Å². The minimum Gasteiger partial charge on any atom is -0.385 e. The van der Waals surface area contributed by atoms with E-state index >= 15 is 0 Å². The number of aromatic nitrogens is 1. The van der Waals surface area contributed by atoms with Crippen LogP contribution in [0.1, 0.15) is 24.9 Å². The normalized spacial score (nSPS) is 12.7. The van der Waals surface area contributed by atoms with Crippen LogP contribution in [0.3, 0.4) is 0 Å². The Morgan fingerprint density at radius 2 is 2.14 bits per heavy atom. The number of hydrogen-bond donors (Lipinski definition) is 1. The Labute approximate surface area is 85.5 Å². The third-order valence-electron chi connectivity index (χ3n) is 2.18. The molecule has 0 saturated heterocycles. The van der Waals surface area contributed by atoms with Crippen LogP contribution in [0.15, 0.2) is 24.5 Å². The first-order valence-electron chi connectivity index (χ1n) is 4.97. The van der Waals surface area contributed by atoms with E-state index in [-0.39, 0.29) is 0 Å². The van der Waals surface area contributed by atoms with Crippen molar-refractivity contribution < 1.29 is 4.74 Å². The molecule has 1 N–H and O–H groups in total. The molecular weight excluding hydrogens is 176 g/mol. The molecule has 3 heteroatoms. The molecule has 1 rings (SSSR count). The standard InChI is InChI=1S/C11H18N2O/c1-10(13-6-3-9-14-2)11-4-7-12-8-5-11/h4-5,7-8,10,13H,3,6,9H2,1-2H3/t10-/m1/s1. The van der Waals surface area contributed by atoms with Crippen LogP contribution in [0.25, 0.3) is 0 Å². The summed E-state index contributed by atoms with van der Waals surface area (Å²) in [7, 11) is 1.73. The van der Waals surface area contributed by atoms with E-state index in [1.807, 2.05) is 24.5 Å². The van der Waals surface area contributed by atoms with E-state index in [4.69, 9.17) is 4.74 Å². The zero-order valence-corrected chi connectivity index (χ0v) is 8.86. The quantitative estimate of drug-likeness (QED) is 0.701. The van der Waals surface area contributed by atoms with Crippen LogP contribution < -0.4 is 5.32 Å². The molecule has 1 aromatic rings. The van der Waals surface area contributed by atoms with Gasteiger partial charge in [-0.3, -0.25) is 4.98 Å². The first-order valence-corrected chi connectivity index (χ1v) is 4.97. The lowest BCUT2D eigenvalue weighted by molar-refractivity contribution is 0.193. The van der Waals surface area contributed by atoms with Gasteiger partial charge in [-0.25, -0.2) is 0 Å². The third-order valence-corrected chi connectivity index (χ3v) is 2.18. The smallest absolute Gasteiger partial charge is 0.0474 e. The van der Waals surface area contributed by atoms with Crippen LogP contribution in [0.5, 0.6) is 0 Å². The Hall–Kier alpha value is -0.930. The molecule has 0 amide bonds. The molecule has 0 radical (unpaired) electrons. The van der Waals surface area contributed by atoms with E-state index in [0.29, 0.717) is 6.04 Å². The van der Waals surface area contributed by atoms with Gasteiger partial charge < -0.3 is 10.1 Å². The van der Waals surface area contributed by atoms with E-state index < -0.39 is 0 Å². The largest absolute Gasteiger partial charge is 0.385 e. The summed E-state index contributed by atoms with van der Waals surface area (Å²) in [6.45, 7) is 3.95. The van der Waals surface area contributed by atoms with Gasteiger partial charge in [0.25, 0.3) is 0 Å². The summed E-state index contributed by atoms with van der Waals surface area (Å²) >= 11 is 0. The van der Waals surface area contributed by atoms with E-state index in [1.165, 1.54) is 5.56 Å². The van der Waals surface area contributed by atoms with Crippen molar-refractivity contribution in [3.05, 3.63) is 30.1 Å². The van der Waals surface area contributed by atoms with Crippen molar-refractivity contribution in [2.45, 2.75) is 19.4 Å². The molecule has 0 spiro atoms. The first kappa shape index (κ1) is 11.1. The highest BCUT2D eigenvalue weighted by Crippen LogP contribution is 2.09. The maximum absolute atomic E-state index is 4.98. The molecule has 0 bridgehead atoms. The number of hydrogen-bond acceptors (Lipinski definition) is 3. The molecule has 78 valence electrons. The summed E-state index contributed by atoms with van der Waals surface area (Å²) < 4.78 is 4.98. The maximum atomic E-state index is 4.98. The fourth-order valence-corrected chi connectivity index (χ4v) is 1.31. The van der Waals surface area contributed by atoms with Crippen LogP contribution in [0.2, 0.25) is 0 Å². The van der Waals surface area contributed by atoms with Gasteiger partial charge in [-0.15, -0.1) is 0 Å². The van der Waals surface area contributed by atoms with E-state index in [1.54, 1.807) is 7.11 Å². The number of nitrogens with zero attached hydrogens (tertiary/aromatic N) is 1. The highest BCUT2D eigenvalue weighted by atomic mass is 16.5. The molecule has 14 heavy (non-hydrogen) atoms. The summed E-state index contributed by atoms with van der Waals surface area (Å²) in [5.41, 5.74) is 1.28. The molecule has 0 aromatic carbocycles. The van der Waals surface area contributed by atoms with Gasteiger partial charge in [0.05, 0.1) is 0 Å². The van der Waals surface area contributed by atoms with Crippen LogP contribution in [0.4, 0.5) is 0 Å². The minimum absolute atomic E-state index is 0.384. The lowest BCUT2D eigenvalue weighted by Crippen LogP contribution is -2.20. The monoisotopic (exact) mass is 194 g/mol. The van der Waals surface area contributed by atoms with Gasteiger partial charge in [0.15, 0.2) is 0 Å². The molecule has 0 aliphatic carbocycles. The average Bonchev–Trinajstić information content (AvgIpc) is 2.25. The van der Waals surface area contributed by atoms with Crippen LogP contribution in [0, 0.1) is 0 Å². The number of nitrogens with one attached hydrogen (secondary N) is 1. The molecule has 0 fully saturated rings. The molecule has 1 atom stereocenters. The second kappa shape index (κ2) is 6.51. The predicted octanol–water partition coefficient (Wildman–Crippen LogP) is 1.77. The number of pyridine rings is 1. The average molecular weight is 194 g/mol. The van der Waals surface area contributed by atoms with Crippen molar-refractivity contribution in [2.75, 3.05) is 20.3 Å². The Bertz CT molecular complexity index is 238. The van der Waals surface area contributed by atoms with Gasteiger partial charge in [-0.2, -0.15) is 0 Å². The Morgan fingerprint density at radius 3 is 2.79 bits per heavy atom. The van der Waals surface area contributed by atoms with Gasteiger partial charge in [0, 0.05) is 32.2 Å². The van der Waals surface area contributed by atoms with Crippen molar-refractivity contribution in [2.24, 2.45) is 0 Å². The Balaban J connectivity index is 2.25. The van der Waals surface area contributed by atoms with Crippen molar-refractivity contribution in [3.63, 3.8) is 0 Å². The highest BCUT2D eigenvalue weighted by Gasteiger charge is 2.02. The number of methoxy groups -OCH3 is 1. The summed E-state index contributed by atoms with van der Waals surface area (Å²) in [5.74, 6) is 0. The van der Waals surface area contributed by atoms with Gasteiger partial charge in [0.1, 0.15) is 0 Å². The topological polar surface area (TPSA) is 34.1 Å². The third kappa shape index (κ3) is 3.85. The summed E-state index contributed by atoms with van der Waals surface area (Å²) in [6.07, 6.45) is 4.69. The summed E-state index contributed by atoms with van der Waals surface area (Å²) in [5, 5.41) is 3.43. The predicted molar refractivity (Wildman–Crippen MR) is 57.1 cm³/mol. The molecule has 0 aliphatic rings. The van der Waals surface area contributed by atoms with Gasteiger partial charge >= 0.3 is 0 Å². The molecule has 3 nitrogen and oxygen atoms in total. The molecule has 1 heterocycles. The number of ether oxygens (including phenoxy) is 1. The van der Waals surface area contributed by atoms with Crippen LogP contribution in [-0.2, 0) is 4.74 Å². The van der Waals surface area contributed by atoms with Gasteiger partial charge in [0.2, 0.25) is 0 Å². The van der Waals surface area contributed by atoms with Crippen LogP contribution >= 0.6 is 0 Å². The van der Waals surface area contributed by atoms with Crippen molar-refractivity contribution >= 4 is 0 Å². The minimum atomic E-state index is 0.384. The zero-order chi connectivity index (χ0) is 10.2. The van der Waals surface area contributed by atoms with Crippen molar-refractivity contribution in [3.8, 4) is 0 Å².